The maximum atomic E-state index is 11.6. The van der Waals surface area contributed by atoms with Crippen molar-refractivity contribution in [1.82, 2.24) is 0 Å². The monoisotopic (exact) mass is 420 g/mol. The molecule has 1 aliphatic rings. The fraction of sp³-hybridized carbons (Fsp3) is 0.731. The fourth-order valence-electron chi connectivity index (χ4n) is 4.17. The Morgan fingerprint density at radius 2 is 1.73 bits per heavy atom. The molecule has 0 amide bonds. The quantitative estimate of drug-likeness (QED) is 0.141. The van der Waals surface area contributed by atoms with Gasteiger partial charge in [0.2, 0.25) is 0 Å². The lowest BCUT2D eigenvalue weighted by atomic mass is 9.78. The zero-order valence-electron chi connectivity index (χ0n) is 19.2. The fourth-order valence-corrected chi connectivity index (χ4v) is 4.17. The van der Waals surface area contributed by atoms with Crippen molar-refractivity contribution in [3.8, 4) is 0 Å². The van der Waals surface area contributed by atoms with E-state index in [9.17, 15) is 9.90 Å². The van der Waals surface area contributed by atoms with E-state index in [4.69, 9.17) is 9.84 Å². The molecule has 4 heteroatoms. The molecule has 0 aromatic rings. The molecule has 172 valence electrons. The predicted molar refractivity (Wildman–Crippen MR) is 124 cm³/mol. The van der Waals surface area contributed by atoms with E-state index in [1.807, 2.05) is 18.2 Å². The Labute approximate surface area is 184 Å². The van der Waals surface area contributed by atoms with Gasteiger partial charge >= 0.3 is 5.97 Å². The van der Waals surface area contributed by atoms with Crippen molar-refractivity contribution in [2.45, 2.75) is 103 Å². The van der Waals surface area contributed by atoms with E-state index in [0.717, 1.165) is 44.9 Å². The van der Waals surface area contributed by atoms with Gasteiger partial charge in [-0.05, 0) is 44.4 Å². The van der Waals surface area contributed by atoms with Crippen molar-refractivity contribution in [3.63, 3.8) is 0 Å². The highest BCUT2D eigenvalue weighted by Gasteiger charge is 2.30. The Morgan fingerprint density at radius 3 is 2.47 bits per heavy atom. The maximum Gasteiger partial charge on any atom is 0.302 e. The molecule has 2 N–H and O–H groups in total. The van der Waals surface area contributed by atoms with Crippen molar-refractivity contribution in [1.29, 1.82) is 0 Å². The van der Waals surface area contributed by atoms with Crippen molar-refractivity contribution < 1.29 is 19.7 Å². The van der Waals surface area contributed by atoms with E-state index in [0.29, 0.717) is 5.92 Å². The van der Waals surface area contributed by atoms with Gasteiger partial charge in [0.05, 0.1) is 6.10 Å². The second-order valence-electron chi connectivity index (χ2n) is 8.53. The Morgan fingerprint density at radius 1 is 1.03 bits per heavy atom. The van der Waals surface area contributed by atoms with E-state index in [2.05, 4.69) is 25.2 Å². The van der Waals surface area contributed by atoms with Crippen LogP contribution in [0.4, 0.5) is 0 Å². The normalized spacial score (nSPS) is 21.3. The van der Waals surface area contributed by atoms with Crippen LogP contribution in [0.1, 0.15) is 90.9 Å². The molecular weight excluding hydrogens is 376 g/mol. The van der Waals surface area contributed by atoms with Gasteiger partial charge in [-0.2, -0.15) is 0 Å². The van der Waals surface area contributed by atoms with Gasteiger partial charge < -0.3 is 14.9 Å². The summed E-state index contributed by atoms with van der Waals surface area (Å²) in [5.74, 6) is 0.336. The van der Waals surface area contributed by atoms with Crippen LogP contribution in [-0.2, 0) is 9.53 Å². The molecule has 0 spiro atoms. The Kier molecular flexibility index (Phi) is 15.4. The molecule has 4 atom stereocenters. The lowest BCUT2D eigenvalue weighted by Gasteiger charge is -2.33. The van der Waals surface area contributed by atoms with Crippen molar-refractivity contribution in [2.75, 3.05) is 6.61 Å². The minimum atomic E-state index is -0.379. The zero-order chi connectivity index (χ0) is 22.0. The first kappa shape index (κ1) is 26.6. The SMILES string of the molecule is CCCCCCCCC(O)/C=C/C=C/[C@@H]1CC=CC[C@@H]1C(CCCCO)OC(C)=O. The van der Waals surface area contributed by atoms with E-state index < -0.39 is 0 Å². The Bertz CT molecular complexity index is 523. The number of allylic oxidation sites excluding steroid dienone is 5. The number of aliphatic hydroxyl groups is 2. The van der Waals surface area contributed by atoms with Crippen molar-refractivity contribution >= 4 is 5.97 Å². The number of esters is 1. The van der Waals surface area contributed by atoms with Crippen LogP contribution in [0.2, 0.25) is 0 Å². The zero-order valence-corrected chi connectivity index (χ0v) is 19.2. The lowest BCUT2D eigenvalue weighted by Crippen LogP contribution is -2.32. The van der Waals surface area contributed by atoms with Gasteiger partial charge in [0.1, 0.15) is 6.10 Å². The smallest absolute Gasteiger partial charge is 0.302 e. The van der Waals surface area contributed by atoms with Gasteiger partial charge in [0, 0.05) is 19.4 Å². The summed E-state index contributed by atoms with van der Waals surface area (Å²) < 4.78 is 5.64. The molecular formula is C26H44O4. The van der Waals surface area contributed by atoms with E-state index in [1.54, 1.807) is 0 Å². The third-order valence-electron chi connectivity index (χ3n) is 5.88. The molecule has 0 aliphatic heterocycles. The standard InChI is InChI=1S/C26H44O4/c1-3-4-5-6-7-8-17-24(29)18-11-9-15-23-16-10-12-19-25(23)26(30-22(2)28)20-13-14-21-27/h9-12,15,18,23-27,29H,3-8,13-14,16-17,19-21H2,1-2H3/b15-9+,18-11+/t23-,24?,25+,26?/m1/s1. The molecule has 0 heterocycles. The summed E-state index contributed by atoms with van der Waals surface area (Å²) in [6.45, 7) is 3.87. The average molecular weight is 421 g/mol. The topological polar surface area (TPSA) is 66.8 Å². The van der Waals surface area contributed by atoms with Crippen LogP contribution >= 0.6 is 0 Å². The van der Waals surface area contributed by atoms with Crippen molar-refractivity contribution in [3.05, 3.63) is 36.5 Å². The highest BCUT2D eigenvalue weighted by Crippen LogP contribution is 2.33. The summed E-state index contributed by atoms with van der Waals surface area (Å²) in [7, 11) is 0. The van der Waals surface area contributed by atoms with E-state index in [1.165, 1.54) is 39.0 Å². The van der Waals surface area contributed by atoms with Crippen LogP contribution in [-0.4, -0.2) is 35.0 Å². The first-order valence-electron chi connectivity index (χ1n) is 12.0. The highest BCUT2D eigenvalue weighted by molar-refractivity contribution is 5.66. The van der Waals surface area contributed by atoms with Crippen LogP contribution in [0.15, 0.2) is 36.5 Å². The first-order valence-corrected chi connectivity index (χ1v) is 12.0. The Balaban J connectivity index is 2.50. The molecule has 4 nitrogen and oxygen atoms in total. The van der Waals surface area contributed by atoms with Crippen LogP contribution in [0, 0.1) is 11.8 Å². The van der Waals surface area contributed by atoms with Crippen LogP contribution in [0.5, 0.6) is 0 Å². The third-order valence-corrected chi connectivity index (χ3v) is 5.88. The number of hydrogen-bond donors (Lipinski definition) is 2. The summed E-state index contributed by atoms with van der Waals surface area (Å²) in [4.78, 5) is 11.6. The number of aliphatic hydroxyl groups excluding tert-OH is 2. The second-order valence-corrected chi connectivity index (χ2v) is 8.53. The average Bonchev–Trinajstić information content (AvgIpc) is 2.73. The molecule has 30 heavy (non-hydrogen) atoms. The van der Waals surface area contributed by atoms with Crippen LogP contribution in [0.25, 0.3) is 0 Å². The molecule has 1 rings (SSSR count). The van der Waals surface area contributed by atoms with Crippen LogP contribution in [0.3, 0.4) is 0 Å². The molecule has 2 unspecified atom stereocenters. The minimum absolute atomic E-state index is 0.115. The molecule has 0 fully saturated rings. The van der Waals surface area contributed by atoms with Crippen LogP contribution < -0.4 is 0 Å². The van der Waals surface area contributed by atoms with Gasteiger partial charge in [-0.1, -0.05) is 81.9 Å². The molecule has 0 aromatic carbocycles. The number of carbonyl (C=O) groups excluding carboxylic acids is 1. The Hall–Kier alpha value is -1.39. The van der Waals surface area contributed by atoms with Gasteiger partial charge in [0.25, 0.3) is 0 Å². The number of hydrogen-bond acceptors (Lipinski definition) is 4. The summed E-state index contributed by atoms with van der Waals surface area (Å²) in [5.41, 5.74) is 0. The molecule has 0 aromatic heterocycles. The molecule has 1 aliphatic carbocycles. The maximum absolute atomic E-state index is 11.6. The number of unbranched alkanes of at least 4 members (excludes halogenated alkanes) is 6. The van der Waals surface area contributed by atoms with Gasteiger partial charge in [-0.25, -0.2) is 0 Å². The highest BCUT2D eigenvalue weighted by atomic mass is 16.5. The molecule has 0 radical (unpaired) electrons. The number of carbonyl (C=O) groups is 1. The summed E-state index contributed by atoms with van der Waals surface area (Å²) in [5, 5.41) is 19.2. The first-order chi connectivity index (χ1) is 14.6. The molecule has 0 saturated heterocycles. The lowest BCUT2D eigenvalue weighted by molar-refractivity contribution is -0.150. The molecule has 0 bridgehead atoms. The number of rotatable bonds is 16. The minimum Gasteiger partial charge on any atom is -0.462 e. The van der Waals surface area contributed by atoms with E-state index in [-0.39, 0.29) is 30.7 Å². The summed E-state index contributed by atoms with van der Waals surface area (Å²) >= 11 is 0. The van der Waals surface area contributed by atoms with E-state index >= 15 is 0 Å². The third kappa shape index (κ3) is 12.3. The molecule has 0 saturated carbocycles. The summed E-state index contributed by atoms with van der Waals surface area (Å²) in [6, 6.07) is 0. The predicted octanol–water partition coefficient (Wildman–Crippen LogP) is 5.89. The largest absolute Gasteiger partial charge is 0.462 e. The van der Waals surface area contributed by atoms with Gasteiger partial charge in [-0.15, -0.1) is 0 Å². The van der Waals surface area contributed by atoms with Crippen molar-refractivity contribution in [2.24, 2.45) is 11.8 Å². The second kappa shape index (κ2) is 17.3. The van der Waals surface area contributed by atoms with Gasteiger partial charge in [-0.3, -0.25) is 4.79 Å². The number of ether oxygens (including phenoxy) is 1. The van der Waals surface area contributed by atoms with Gasteiger partial charge in [0.15, 0.2) is 0 Å². The summed E-state index contributed by atoms with van der Waals surface area (Å²) in [6.07, 6.45) is 24.4.